The molecule has 0 unspecified atom stereocenters. The number of carboxylic acids is 1. The molecule has 0 aromatic heterocycles. The lowest BCUT2D eigenvalue weighted by atomic mass is 9.96. The molecular formula is C30H36N2O5. The number of rotatable bonds is 14. The molecule has 37 heavy (non-hydrogen) atoms. The second kappa shape index (κ2) is 13.9. The number of nitrogens with zero attached hydrogens (tertiary/aromatic N) is 1. The van der Waals surface area contributed by atoms with Crippen LogP contribution in [0.25, 0.3) is 0 Å². The van der Waals surface area contributed by atoms with E-state index in [9.17, 15) is 14.7 Å². The van der Waals surface area contributed by atoms with Crippen LogP contribution in [0.5, 0.6) is 11.5 Å². The zero-order chi connectivity index (χ0) is 26.5. The minimum Gasteiger partial charge on any atom is -0.494 e. The highest BCUT2D eigenvalue weighted by Gasteiger charge is 2.36. The van der Waals surface area contributed by atoms with Crippen molar-refractivity contribution in [3.63, 3.8) is 0 Å². The van der Waals surface area contributed by atoms with E-state index in [1.807, 2.05) is 77.7 Å². The van der Waals surface area contributed by atoms with Crippen LogP contribution in [0.1, 0.15) is 37.8 Å². The van der Waals surface area contributed by atoms with E-state index in [0.29, 0.717) is 44.2 Å². The number of benzene rings is 3. The van der Waals surface area contributed by atoms with Crippen molar-refractivity contribution in [2.24, 2.45) is 0 Å². The number of para-hydroxylation sites is 1. The Morgan fingerprint density at radius 1 is 0.865 bits per heavy atom. The van der Waals surface area contributed by atoms with Gasteiger partial charge in [-0.2, -0.15) is 0 Å². The van der Waals surface area contributed by atoms with Gasteiger partial charge in [-0.1, -0.05) is 67.6 Å². The molecule has 3 aromatic rings. The second-order valence-corrected chi connectivity index (χ2v) is 9.11. The van der Waals surface area contributed by atoms with Gasteiger partial charge in [-0.3, -0.25) is 0 Å². The normalized spacial score (nSPS) is 12.3. The largest absolute Gasteiger partial charge is 0.494 e. The average Bonchev–Trinajstić information content (AvgIpc) is 2.91. The molecule has 2 N–H and O–H groups in total. The predicted molar refractivity (Wildman–Crippen MR) is 144 cm³/mol. The second-order valence-electron chi connectivity index (χ2n) is 9.11. The number of hydrogen-bond acceptors (Lipinski definition) is 4. The Labute approximate surface area is 219 Å². The Balaban J connectivity index is 1.46. The Kier molecular flexibility index (Phi) is 10.4. The topological polar surface area (TPSA) is 88.1 Å². The van der Waals surface area contributed by atoms with Crippen molar-refractivity contribution in [1.82, 2.24) is 10.2 Å². The Morgan fingerprint density at radius 2 is 1.51 bits per heavy atom. The van der Waals surface area contributed by atoms with Crippen LogP contribution in [0.3, 0.4) is 0 Å². The summed E-state index contributed by atoms with van der Waals surface area (Å²) >= 11 is 0. The molecule has 0 heterocycles. The van der Waals surface area contributed by atoms with Crippen LogP contribution in [0.4, 0.5) is 4.79 Å². The third-order valence-electron chi connectivity index (χ3n) is 5.91. The number of hydrogen-bond donors (Lipinski definition) is 2. The summed E-state index contributed by atoms with van der Waals surface area (Å²) in [7, 11) is 0. The number of nitrogens with one attached hydrogen (secondary N) is 1. The first-order chi connectivity index (χ1) is 17.9. The lowest BCUT2D eigenvalue weighted by molar-refractivity contribution is -0.153. The van der Waals surface area contributed by atoms with Crippen LogP contribution < -0.4 is 14.8 Å². The predicted octanol–water partition coefficient (Wildman–Crippen LogP) is 5.54. The molecule has 7 nitrogen and oxygen atoms in total. The molecule has 0 aliphatic rings. The van der Waals surface area contributed by atoms with E-state index in [0.717, 1.165) is 17.5 Å². The third kappa shape index (κ3) is 8.86. The number of amides is 2. The molecule has 0 fully saturated rings. The molecule has 196 valence electrons. The maximum atomic E-state index is 12.6. The van der Waals surface area contributed by atoms with Crippen LogP contribution >= 0.6 is 0 Å². The van der Waals surface area contributed by atoms with Crippen LogP contribution in [0.15, 0.2) is 84.9 Å². The van der Waals surface area contributed by atoms with E-state index in [1.165, 1.54) is 0 Å². The Morgan fingerprint density at radius 3 is 2.14 bits per heavy atom. The minimum atomic E-state index is -1.40. The molecule has 0 aliphatic heterocycles. The van der Waals surface area contributed by atoms with Gasteiger partial charge >= 0.3 is 12.0 Å². The van der Waals surface area contributed by atoms with E-state index < -0.39 is 11.6 Å². The first-order valence-corrected chi connectivity index (χ1v) is 12.7. The van der Waals surface area contributed by atoms with Gasteiger partial charge < -0.3 is 24.8 Å². The van der Waals surface area contributed by atoms with Gasteiger partial charge in [-0.05, 0) is 55.2 Å². The number of carbonyl (C=O) groups excluding carboxylic acids is 1. The Hall–Kier alpha value is -4.00. The van der Waals surface area contributed by atoms with E-state index in [1.54, 1.807) is 19.1 Å². The van der Waals surface area contributed by atoms with Crippen molar-refractivity contribution in [2.75, 3.05) is 19.7 Å². The van der Waals surface area contributed by atoms with Crippen LogP contribution in [-0.4, -0.2) is 47.3 Å². The van der Waals surface area contributed by atoms with Crippen LogP contribution in [0.2, 0.25) is 0 Å². The summed E-state index contributed by atoms with van der Waals surface area (Å²) in [6.07, 6.45) is 1.79. The lowest BCUT2D eigenvalue weighted by Gasteiger charge is -2.26. The SMILES string of the molecule is CCCN(CCCOc1ccc(C[C@](C)(Oc2ccccc2)C(=O)O)cc1)C(=O)NCc1ccccc1. The molecule has 2 amide bonds. The highest BCUT2D eigenvalue weighted by Crippen LogP contribution is 2.24. The third-order valence-corrected chi connectivity index (χ3v) is 5.91. The fourth-order valence-corrected chi connectivity index (χ4v) is 3.91. The fraction of sp³-hybridized carbons (Fsp3) is 0.333. The van der Waals surface area contributed by atoms with Gasteiger partial charge in [0.05, 0.1) is 6.61 Å². The molecule has 7 heteroatoms. The van der Waals surface area contributed by atoms with Crippen LogP contribution in [0, 0.1) is 0 Å². The number of urea groups is 1. The van der Waals surface area contributed by atoms with Crippen molar-refractivity contribution in [3.05, 3.63) is 96.1 Å². The van der Waals surface area contributed by atoms with E-state index in [-0.39, 0.29) is 12.5 Å². The summed E-state index contributed by atoms with van der Waals surface area (Å²) < 4.78 is 11.7. The highest BCUT2D eigenvalue weighted by molar-refractivity contribution is 5.78. The van der Waals surface area contributed by atoms with Crippen molar-refractivity contribution in [3.8, 4) is 11.5 Å². The molecule has 0 saturated carbocycles. The molecule has 0 radical (unpaired) electrons. The number of ether oxygens (including phenoxy) is 2. The van der Waals surface area contributed by atoms with E-state index in [2.05, 4.69) is 12.2 Å². The van der Waals surface area contributed by atoms with Crippen molar-refractivity contribution in [2.45, 2.75) is 45.3 Å². The summed E-state index contributed by atoms with van der Waals surface area (Å²) in [6.45, 7) is 5.87. The minimum absolute atomic E-state index is 0.0748. The summed E-state index contributed by atoms with van der Waals surface area (Å²) in [6, 6.07) is 26.1. The lowest BCUT2D eigenvalue weighted by Crippen LogP contribution is -2.43. The zero-order valence-corrected chi connectivity index (χ0v) is 21.6. The first kappa shape index (κ1) is 27.6. The molecule has 0 spiro atoms. The summed E-state index contributed by atoms with van der Waals surface area (Å²) in [5.74, 6) is 0.180. The molecule has 0 saturated heterocycles. The van der Waals surface area contributed by atoms with Gasteiger partial charge in [-0.25, -0.2) is 9.59 Å². The van der Waals surface area contributed by atoms with E-state index in [4.69, 9.17) is 9.47 Å². The number of carboxylic acid groups (broad SMARTS) is 1. The highest BCUT2D eigenvalue weighted by atomic mass is 16.5. The molecule has 0 bridgehead atoms. The summed E-state index contributed by atoms with van der Waals surface area (Å²) in [4.78, 5) is 26.4. The van der Waals surface area contributed by atoms with Gasteiger partial charge in [0.2, 0.25) is 5.60 Å². The van der Waals surface area contributed by atoms with Gasteiger partial charge in [0.1, 0.15) is 11.5 Å². The van der Waals surface area contributed by atoms with E-state index >= 15 is 0 Å². The average molecular weight is 505 g/mol. The quantitative estimate of drug-likeness (QED) is 0.281. The van der Waals surface area contributed by atoms with Gasteiger partial charge in [-0.15, -0.1) is 0 Å². The van der Waals surface area contributed by atoms with Crippen molar-refractivity contribution >= 4 is 12.0 Å². The smallest absolute Gasteiger partial charge is 0.348 e. The maximum Gasteiger partial charge on any atom is 0.348 e. The molecule has 0 aliphatic carbocycles. The maximum absolute atomic E-state index is 12.6. The number of aliphatic carboxylic acids is 1. The number of carbonyl (C=O) groups is 2. The molecule has 3 aromatic carbocycles. The molecular weight excluding hydrogens is 468 g/mol. The first-order valence-electron chi connectivity index (χ1n) is 12.7. The zero-order valence-electron chi connectivity index (χ0n) is 21.6. The van der Waals surface area contributed by atoms with Crippen molar-refractivity contribution in [1.29, 1.82) is 0 Å². The van der Waals surface area contributed by atoms with Gasteiger partial charge in [0, 0.05) is 26.1 Å². The monoisotopic (exact) mass is 504 g/mol. The standard InChI is InChI=1S/C30H36N2O5/c1-3-19-32(29(35)31-23-25-11-6-4-7-12-25)20-10-21-36-26-17-15-24(16-18-26)22-30(2,28(33)34)37-27-13-8-5-9-14-27/h4-9,11-18H,3,10,19-23H2,1-2H3,(H,31,35)(H,33,34)/t30-/m0/s1. The summed E-state index contributed by atoms with van der Waals surface area (Å²) in [5, 5.41) is 12.8. The molecule has 3 rings (SSSR count). The summed E-state index contributed by atoms with van der Waals surface area (Å²) in [5.41, 5.74) is 0.500. The van der Waals surface area contributed by atoms with Gasteiger partial charge in [0.15, 0.2) is 0 Å². The van der Waals surface area contributed by atoms with Crippen LogP contribution in [-0.2, 0) is 17.8 Å². The Bertz CT molecular complexity index is 1110. The fourth-order valence-electron chi connectivity index (χ4n) is 3.91. The van der Waals surface area contributed by atoms with Gasteiger partial charge in [0.25, 0.3) is 0 Å². The van der Waals surface area contributed by atoms with Crippen molar-refractivity contribution < 1.29 is 24.2 Å². The molecule has 1 atom stereocenters.